The number of hydrogen-bond donors (Lipinski definition) is 1. The van der Waals surface area contributed by atoms with E-state index in [-0.39, 0.29) is 5.54 Å². The van der Waals surface area contributed by atoms with Crippen LogP contribution in [-0.4, -0.2) is 23.0 Å². The molecule has 1 unspecified atom stereocenters. The monoisotopic (exact) mass is 254 g/mol. The highest BCUT2D eigenvalue weighted by molar-refractivity contribution is 8.13. The quantitative estimate of drug-likeness (QED) is 0.825. The van der Waals surface area contributed by atoms with Crippen LogP contribution in [0.3, 0.4) is 0 Å². The van der Waals surface area contributed by atoms with Gasteiger partial charge in [-0.2, -0.15) is 0 Å². The number of thioether (sulfide) groups is 1. The van der Waals surface area contributed by atoms with Gasteiger partial charge in [0.15, 0.2) is 5.17 Å². The number of aliphatic imine (C=N–C) groups is 1. The molecular formula is C14H26N2S. The molecule has 0 spiro atoms. The lowest BCUT2D eigenvalue weighted by Gasteiger charge is -2.35. The Balaban J connectivity index is 1.76. The summed E-state index contributed by atoms with van der Waals surface area (Å²) in [6, 6.07) is 0. The minimum atomic E-state index is 0.289. The van der Waals surface area contributed by atoms with Crippen LogP contribution in [0.2, 0.25) is 0 Å². The SMILES string of the molecule is CCC1(C)CCSC(=NCCC2CCCC2)N1. The number of amidine groups is 1. The highest BCUT2D eigenvalue weighted by Gasteiger charge is 2.27. The van der Waals surface area contributed by atoms with Crippen molar-refractivity contribution in [2.75, 3.05) is 12.3 Å². The topological polar surface area (TPSA) is 24.4 Å². The van der Waals surface area contributed by atoms with Crippen LogP contribution in [0.25, 0.3) is 0 Å². The molecular weight excluding hydrogens is 228 g/mol. The summed E-state index contributed by atoms with van der Waals surface area (Å²) in [7, 11) is 0. The van der Waals surface area contributed by atoms with Crippen molar-refractivity contribution in [3.8, 4) is 0 Å². The van der Waals surface area contributed by atoms with Gasteiger partial charge in [-0.3, -0.25) is 4.99 Å². The summed E-state index contributed by atoms with van der Waals surface area (Å²) >= 11 is 1.90. The fourth-order valence-corrected chi connectivity index (χ4v) is 3.97. The van der Waals surface area contributed by atoms with Gasteiger partial charge in [-0.1, -0.05) is 44.4 Å². The molecule has 1 aliphatic carbocycles. The molecule has 2 rings (SSSR count). The zero-order valence-corrected chi connectivity index (χ0v) is 12.1. The normalized spacial score (nSPS) is 32.9. The summed E-state index contributed by atoms with van der Waals surface area (Å²) < 4.78 is 0. The average Bonchev–Trinajstić information content (AvgIpc) is 2.82. The molecule has 1 N–H and O–H groups in total. The molecule has 1 aliphatic heterocycles. The average molecular weight is 254 g/mol. The molecule has 17 heavy (non-hydrogen) atoms. The van der Waals surface area contributed by atoms with E-state index in [1.54, 1.807) is 0 Å². The first-order valence-corrected chi connectivity index (χ1v) is 8.16. The first kappa shape index (κ1) is 13.3. The summed E-state index contributed by atoms with van der Waals surface area (Å²) in [6.07, 6.45) is 9.53. The highest BCUT2D eigenvalue weighted by atomic mass is 32.2. The third-order valence-corrected chi connectivity index (χ3v) is 5.26. The Kier molecular flexibility index (Phi) is 4.78. The van der Waals surface area contributed by atoms with Crippen LogP contribution >= 0.6 is 11.8 Å². The van der Waals surface area contributed by atoms with E-state index < -0.39 is 0 Å². The second-order valence-electron chi connectivity index (χ2n) is 5.76. The minimum absolute atomic E-state index is 0.289. The van der Waals surface area contributed by atoms with Gasteiger partial charge < -0.3 is 5.32 Å². The molecule has 0 aromatic heterocycles. The van der Waals surface area contributed by atoms with E-state index in [1.807, 2.05) is 11.8 Å². The van der Waals surface area contributed by atoms with Gasteiger partial charge in [0.05, 0.1) is 0 Å². The van der Waals surface area contributed by atoms with Crippen molar-refractivity contribution < 1.29 is 0 Å². The first-order chi connectivity index (χ1) is 8.22. The third-order valence-electron chi connectivity index (χ3n) is 4.35. The lowest BCUT2D eigenvalue weighted by molar-refractivity contribution is 0.389. The fraction of sp³-hybridized carbons (Fsp3) is 0.929. The Hall–Kier alpha value is -0.180. The van der Waals surface area contributed by atoms with E-state index in [4.69, 9.17) is 4.99 Å². The van der Waals surface area contributed by atoms with E-state index >= 15 is 0 Å². The molecule has 0 radical (unpaired) electrons. The molecule has 1 saturated carbocycles. The van der Waals surface area contributed by atoms with E-state index in [1.165, 1.54) is 55.9 Å². The molecule has 1 heterocycles. The van der Waals surface area contributed by atoms with Crippen LogP contribution < -0.4 is 5.32 Å². The van der Waals surface area contributed by atoms with Gasteiger partial charge in [0.2, 0.25) is 0 Å². The Bertz CT molecular complexity index is 271. The van der Waals surface area contributed by atoms with E-state index in [9.17, 15) is 0 Å². The summed E-state index contributed by atoms with van der Waals surface area (Å²) in [5.74, 6) is 2.19. The van der Waals surface area contributed by atoms with Gasteiger partial charge in [0.1, 0.15) is 0 Å². The summed E-state index contributed by atoms with van der Waals surface area (Å²) in [5, 5.41) is 4.81. The van der Waals surface area contributed by atoms with Gasteiger partial charge >= 0.3 is 0 Å². The van der Waals surface area contributed by atoms with Crippen molar-refractivity contribution in [2.45, 2.75) is 64.3 Å². The van der Waals surface area contributed by atoms with Gasteiger partial charge in [-0.05, 0) is 32.1 Å². The smallest absolute Gasteiger partial charge is 0.156 e. The van der Waals surface area contributed by atoms with Gasteiger partial charge in [-0.25, -0.2) is 0 Å². The molecule has 98 valence electrons. The van der Waals surface area contributed by atoms with E-state index in [0.717, 1.165) is 12.5 Å². The zero-order valence-electron chi connectivity index (χ0n) is 11.3. The molecule has 3 heteroatoms. The molecule has 0 bridgehead atoms. The van der Waals surface area contributed by atoms with Crippen LogP contribution in [-0.2, 0) is 0 Å². The molecule has 0 amide bonds. The summed E-state index contributed by atoms with van der Waals surface area (Å²) in [4.78, 5) is 4.76. The molecule has 1 atom stereocenters. The van der Waals surface area contributed by atoms with Gasteiger partial charge in [0.25, 0.3) is 0 Å². The Morgan fingerprint density at radius 2 is 2.18 bits per heavy atom. The molecule has 2 fully saturated rings. The summed E-state index contributed by atoms with van der Waals surface area (Å²) in [5.41, 5.74) is 0.289. The summed E-state index contributed by atoms with van der Waals surface area (Å²) in [6.45, 7) is 5.61. The van der Waals surface area contributed by atoms with Crippen molar-refractivity contribution in [1.29, 1.82) is 0 Å². The van der Waals surface area contributed by atoms with Crippen LogP contribution in [0.15, 0.2) is 4.99 Å². The second kappa shape index (κ2) is 6.12. The predicted octanol–water partition coefficient (Wildman–Crippen LogP) is 3.82. The van der Waals surface area contributed by atoms with E-state index in [0.29, 0.717) is 0 Å². The van der Waals surface area contributed by atoms with Crippen molar-refractivity contribution in [2.24, 2.45) is 10.9 Å². The second-order valence-corrected chi connectivity index (χ2v) is 6.85. The zero-order chi connectivity index (χ0) is 12.1. The van der Waals surface area contributed by atoms with Crippen molar-refractivity contribution in [3.05, 3.63) is 0 Å². The molecule has 0 aromatic rings. The fourth-order valence-electron chi connectivity index (χ4n) is 2.73. The molecule has 2 aliphatic rings. The van der Waals surface area contributed by atoms with Crippen molar-refractivity contribution in [3.63, 3.8) is 0 Å². The number of rotatable bonds is 4. The lowest BCUT2D eigenvalue weighted by atomic mass is 9.96. The third kappa shape index (κ3) is 3.90. The van der Waals surface area contributed by atoms with E-state index in [2.05, 4.69) is 19.2 Å². The predicted molar refractivity (Wildman–Crippen MR) is 77.8 cm³/mol. The maximum absolute atomic E-state index is 4.76. The maximum Gasteiger partial charge on any atom is 0.156 e. The van der Waals surface area contributed by atoms with Crippen LogP contribution in [0, 0.1) is 5.92 Å². The Morgan fingerprint density at radius 1 is 1.41 bits per heavy atom. The first-order valence-electron chi connectivity index (χ1n) is 7.17. The van der Waals surface area contributed by atoms with Crippen LogP contribution in [0.5, 0.6) is 0 Å². The number of nitrogens with one attached hydrogen (secondary N) is 1. The van der Waals surface area contributed by atoms with Crippen molar-refractivity contribution in [1.82, 2.24) is 5.32 Å². The Morgan fingerprint density at radius 3 is 2.88 bits per heavy atom. The number of nitrogens with zero attached hydrogens (tertiary/aromatic N) is 1. The van der Waals surface area contributed by atoms with Gasteiger partial charge in [0, 0.05) is 17.8 Å². The number of hydrogen-bond acceptors (Lipinski definition) is 2. The lowest BCUT2D eigenvalue weighted by Crippen LogP contribution is -2.48. The highest BCUT2D eigenvalue weighted by Crippen LogP contribution is 2.28. The molecule has 0 aromatic carbocycles. The Labute approximate surface area is 110 Å². The minimum Gasteiger partial charge on any atom is -0.360 e. The standard InChI is InChI=1S/C14H26N2S/c1-3-14(2)9-11-17-13(16-14)15-10-8-12-6-4-5-7-12/h12H,3-11H2,1-2H3,(H,15,16). The molecule has 2 nitrogen and oxygen atoms in total. The van der Waals surface area contributed by atoms with Crippen LogP contribution in [0.1, 0.15) is 58.8 Å². The molecule has 1 saturated heterocycles. The largest absolute Gasteiger partial charge is 0.360 e. The van der Waals surface area contributed by atoms with Gasteiger partial charge in [-0.15, -0.1) is 0 Å². The maximum atomic E-state index is 4.76. The van der Waals surface area contributed by atoms with Crippen LogP contribution in [0.4, 0.5) is 0 Å². The van der Waals surface area contributed by atoms with Crippen molar-refractivity contribution >= 4 is 16.9 Å².